The van der Waals surface area contributed by atoms with Gasteiger partial charge >= 0.3 is 5.97 Å². The lowest BCUT2D eigenvalue weighted by molar-refractivity contribution is -0.153. The van der Waals surface area contributed by atoms with Gasteiger partial charge in [0.1, 0.15) is 6.61 Å². The van der Waals surface area contributed by atoms with E-state index >= 15 is 0 Å². The normalized spacial score (nSPS) is 12.2. The molecule has 22 heavy (non-hydrogen) atoms. The Morgan fingerprint density at radius 2 is 1.23 bits per heavy atom. The maximum Gasteiger partial charge on any atom is 0.372 e. The van der Waals surface area contributed by atoms with Crippen LogP contribution in [-0.4, -0.2) is 89.5 Å². The summed E-state index contributed by atoms with van der Waals surface area (Å²) in [5.41, 5.74) is -2.59. The Morgan fingerprint density at radius 1 is 0.818 bits per heavy atom. The smallest absolute Gasteiger partial charge is 0.372 e. The van der Waals surface area contributed by atoms with Crippen LogP contribution in [0.15, 0.2) is 12.3 Å². The molecule has 0 bridgehead atoms. The third-order valence-corrected chi connectivity index (χ3v) is 3.24. The topological polar surface area (TPSA) is 157 Å². The summed E-state index contributed by atoms with van der Waals surface area (Å²) in [6.45, 7) is -0.712. The van der Waals surface area contributed by atoms with E-state index in [0.717, 1.165) is 0 Å². The molecule has 0 unspecified atom stereocenters. The maximum absolute atomic E-state index is 11.1. The summed E-state index contributed by atoms with van der Waals surface area (Å²) in [7, 11) is 0. The number of ether oxygens (including phenoxy) is 2. The number of hydrogen-bond donors (Lipinski definition) is 6. The van der Waals surface area contributed by atoms with Crippen molar-refractivity contribution in [2.45, 2.75) is 0 Å². The zero-order valence-corrected chi connectivity index (χ0v) is 12.3. The summed E-state index contributed by atoms with van der Waals surface area (Å²) < 4.78 is 9.91. The highest BCUT2D eigenvalue weighted by Gasteiger charge is 2.34. The van der Waals surface area contributed by atoms with Gasteiger partial charge in [-0.3, -0.25) is 0 Å². The zero-order valence-electron chi connectivity index (χ0n) is 12.3. The molecule has 0 amide bonds. The quantitative estimate of drug-likeness (QED) is 0.130. The summed E-state index contributed by atoms with van der Waals surface area (Å²) >= 11 is 0. The number of esters is 1. The number of carbonyl (C=O) groups is 1. The lowest BCUT2D eigenvalue weighted by atomic mass is 9.90. The predicted octanol–water partition coefficient (Wildman–Crippen LogP) is -2.45. The molecule has 0 aliphatic carbocycles. The van der Waals surface area contributed by atoms with Crippen molar-refractivity contribution in [1.29, 1.82) is 0 Å². The second kappa shape index (κ2) is 9.72. The second-order valence-corrected chi connectivity index (χ2v) is 5.31. The van der Waals surface area contributed by atoms with Crippen LogP contribution in [0.2, 0.25) is 0 Å². The summed E-state index contributed by atoms with van der Waals surface area (Å²) in [5.74, 6) is -1.91. The first-order valence-corrected chi connectivity index (χ1v) is 6.51. The summed E-state index contributed by atoms with van der Waals surface area (Å²) in [4.78, 5) is 11.1. The molecule has 0 radical (unpaired) electrons. The Bertz CT molecular complexity index is 339. The van der Waals surface area contributed by atoms with E-state index in [1.807, 2.05) is 0 Å². The molecule has 0 rings (SSSR count). The van der Waals surface area contributed by atoms with E-state index in [2.05, 4.69) is 11.3 Å². The van der Waals surface area contributed by atoms with Gasteiger partial charge in [0.2, 0.25) is 0 Å². The van der Waals surface area contributed by atoms with Crippen molar-refractivity contribution in [3.8, 4) is 0 Å². The highest BCUT2D eigenvalue weighted by molar-refractivity contribution is 5.84. The monoisotopic (exact) mass is 324 g/mol. The molecule has 0 atom stereocenters. The highest BCUT2D eigenvalue weighted by Crippen LogP contribution is 2.21. The van der Waals surface area contributed by atoms with Crippen molar-refractivity contribution < 1.29 is 44.9 Å². The number of hydrogen-bond acceptors (Lipinski definition) is 9. The molecule has 0 aromatic carbocycles. The Labute approximate surface area is 128 Å². The fourth-order valence-electron chi connectivity index (χ4n) is 1.35. The minimum Gasteiger partial charge on any atom is -0.502 e. The Balaban J connectivity index is 4.63. The van der Waals surface area contributed by atoms with Gasteiger partial charge in [-0.15, -0.1) is 0 Å². The molecule has 0 aliphatic rings. The molecule has 0 aliphatic heterocycles. The van der Waals surface area contributed by atoms with Crippen molar-refractivity contribution in [2.24, 2.45) is 10.8 Å². The molecule has 9 nitrogen and oxygen atoms in total. The molecule has 0 fully saturated rings. The second-order valence-electron chi connectivity index (χ2n) is 5.31. The molecule has 0 aromatic heterocycles. The van der Waals surface area contributed by atoms with Crippen molar-refractivity contribution in [3.63, 3.8) is 0 Å². The minimum atomic E-state index is -1.34. The third kappa shape index (κ3) is 5.87. The molecular formula is C13H24O9. The van der Waals surface area contributed by atoms with E-state index in [0.29, 0.717) is 0 Å². The van der Waals surface area contributed by atoms with Crippen molar-refractivity contribution in [3.05, 3.63) is 12.3 Å². The molecule has 6 N–H and O–H groups in total. The number of aliphatic hydroxyl groups is 6. The molecule has 0 aromatic rings. The highest BCUT2D eigenvalue weighted by atomic mass is 16.5. The lowest BCUT2D eigenvalue weighted by Crippen LogP contribution is -2.44. The first kappa shape index (κ1) is 20.8. The van der Waals surface area contributed by atoms with Gasteiger partial charge in [0.05, 0.1) is 57.1 Å². The Kier molecular flexibility index (Phi) is 9.18. The lowest BCUT2D eigenvalue weighted by Gasteiger charge is -2.32. The average molecular weight is 324 g/mol. The molecule has 0 saturated heterocycles. The van der Waals surface area contributed by atoms with Crippen LogP contribution in [-0.2, 0) is 14.3 Å². The predicted molar refractivity (Wildman–Crippen MR) is 73.8 cm³/mol. The van der Waals surface area contributed by atoms with Crippen LogP contribution in [0.3, 0.4) is 0 Å². The fraction of sp³-hybridized carbons (Fsp3) is 0.769. The molecule has 0 saturated carbocycles. The van der Waals surface area contributed by atoms with E-state index < -0.39 is 62.2 Å². The number of carbonyl (C=O) groups excluding carboxylic acids is 1. The number of aliphatic hydroxyl groups excluding tert-OH is 6. The van der Waals surface area contributed by atoms with E-state index in [-0.39, 0.29) is 13.2 Å². The minimum absolute atomic E-state index is 0.237. The van der Waals surface area contributed by atoms with Crippen molar-refractivity contribution in [2.75, 3.05) is 52.9 Å². The Morgan fingerprint density at radius 3 is 1.59 bits per heavy atom. The summed E-state index contributed by atoms with van der Waals surface area (Å²) in [5, 5.41) is 55.0. The molecular weight excluding hydrogens is 300 g/mol. The number of rotatable bonds is 12. The van der Waals surface area contributed by atoms with E-state index in [9.17, 15) is 15.0 Å². The van der Waals surface area contributed by atoms with Gasteiger partial charge < -0.3 is 40.1 Å². The van der Waals surface area contributed by atoms with E-state index in [1.54, 1.807) is 0 Å². The van der Waals surface area contributed by atoms with Gasteiger partial charge in [-0.25, -0.2) is 4.79 Å². The first-order chi connectivity index (χ1) is 10.3. The molecule has 0 spiro atoms. The summed E-state index contributed by atoms with van der Waals surface area (Å²) in [6, 6.07) is 0. The van der Waals surface area contributed by atoms with Gasteiger partial charge in [0, 0.05) is 0 Å². The fourth-order valence-corrected chi connectivity index (χ4v) is 1.35. The first-order valence-electron chi connectivity index (χ1n) is 6.51. The SMILES string of the molecule is C=C(O)C(=O)OCC(CO)(CO)COCC(CO)(CO)CO. The van der Waals surface area contributed by atoms with Crippen LogP contribution < -0.4 is 0 Å². The van der Waals surface area contributed by atoms with Crippen LogP contribution in [0.4, 0.5) is 0 Å². The zero-order chi connectivity index (χ0) is 17.2. The standard InChI is InChI=1S/C13H24O9/c1-10(19)11(20)22-9-13(5-17,6-18)8-21-7-12(2-14,3-15)4-16/h14-19H,1-9H2. The maximum atomic E-state index is 11.1. The van der Waals surface area contributed by atoms with Gasteiger partial charge in [-0.2, -0.15) is 0 Å². The summed E-state index contributed by atoms with van der Waals surface area (Å²) in [6.07, 6.45) is 0. The van der Waals surface area contributed by atoms with Crippen LogP contribution in [0.25, 0.3) is 0 Å². The van der Waals surface area contributed by atoms with Gasteiger partial charge in [-0.05, 0) is 6.58 Å². The average Bonchev–Trinajstić information content (AvgIpc) is 2.55. The largest absolute Gasteiger partial charge is 0.502 e. The van der Waals surface area contributed by atoms with Crippen molar-refractivity contribution >= 4 is 5.97 Å². The van der Waals surface area contributed by atoms with Crippen LogP contribution in [0.5, 0.6) is 0 Å². The van der Waals surface area contributed by atoms with Gasteiger partial charge in [0.15, 0.2) is 5.76 Å². The van der Waals surface area contributed by atoms with Crippen LogP contribution in [0.1, 0.15) is 0 Å². The van der Waals surface area contributed by atoms with E-state index in [1.165, 1.54) is 0 Å². The Hall–Kier alpha value is -1.23. The van der Waals surface area contributed by atoms with Crippen LogP contribution >= 0.6 is 0 Å². The van der Waals surface area contributed by atoms with Gasteiger partial charge in [-0.1, -0.05) is 0 Å². The molecule has 130 valence electrons. The molecule has 9 heteroatoms. The van der Waals surface area contributed by atoms with Crippen LogP contribution in [0, 0.1) is 10.8 Å². The molecule has 0 heterocycles. The van der Waals surface area contributed by atoms with Crippen molar-refractivity contribution in [1.82, 2.24) is 0 Å². The van der Waals surface area contributed by atoms with Gasteiger partial charge in [0.25, 0.3) is 0 Å². The van der Waals surface area contributed by atoms with E-state index in [4.69, 9.17) is 25.2 Å². The third-order valence-electron chi connectivity index (χ3n) is 3.24.